The molecule has 3 heteroatoms. The number of rotatable bonds is 5. The number of nitrogens with one attached hydrogen (secondary N) is 1. The number of nitrogens with zero attached hydrogens (tertiary/aromatic N) is 2. The van der Waals surface area contributed by atoms with Gasteiger partial charge in [-0.3, -0.25) is 0 Å². The summed E-state index contributed by atoms with van der Waals surface area (Å²) in [6.07, 6.45) is 6.51. The van der Waals surface area contributed by atoms with Gasteiger partial charge < -0.3 is 10.2 Å². The topological polar surface area (TPSA) is 28.2 Å². The second kappa shape index (κ2) is 7.63. The number of pyridine rings is 1. The van der Waals surface area contributed by atoms with Crippen molar-refractivity contribution in [2.75, 3.05) is 24.5 Å². The molecule has 0 atom stereocenters. The largest absolute Gasteiger partial charge is 0.356 e. The summed E-state index contributed by atoms with van der Waals surface area (Å²) in [5, 5.41) is 3.54. The monoisotopic (exact) mass is 275 g/mol. The van der Waals surface area contributed by atoms with Gasteiger partial charge in [0.25, 0.3) is 0 Å². The zero-order chi connectivity index (χ0) is 14.4. The Balaban J connectivity index is 2.23. The molecule has 1 aromatic heterocycles. The Morgan fingerprint density at radius 3 is 2.50 bits per heavy atom. The molecule has 0 spiro atoms. The van der Waals surface area contributed by atoms with E-state index in [0.717, 1.165) is 31.9 Å². The molecule has 3 nitrogen and oxygen atoms in total. The quantitative estimate of drug-likeness (QED) is 0.833. The molecule has 1 fully saturated rings. The number of aryl methyl sites for hydroxylation is 2. The minimum Gasteiger partial charge on any atom is -0.356 e. The van der Waals surface area contributed by atoms with Crippen molar-refractivity contribution in [3.05, 3.63) is 22.9 Å². The molecule has 0 amide bonds. The van der Waals surface area contributed by atoms with Gasteiger partial charge in [-0.05, 0) is 51.3 Å². The zero-order valence-corrected chi connectivity index (χ0v) is 13.3. The molecule has 0 saturated carbocycles. The van der Waals surface area contributed by atoms with Crippen LogP contribution in [-0.4, -0.2) is 24.6 Å². The summed E-state index contributed by atoms with van der Waals surface area (Å²) in [4.78, 5) is 7.37. The Morgan fingerprint density at radius 2 is 1.85 bits per heavy atom. The van der Waals surface area contributed by atoms with Gasteiger partial charge in [0, 0.05) is 30.9 Å². The Labute approximate surface area is 123 Å². The van der Waals surface area contributed by atoms with Crippen molar-refractivity contribution in [1.29, 1.82) is 0 Å². The number of aromatic nitrogens is 1. The molecular weight excluding hydrogens is 246 g/mol. The van der Waals surface area contributed by atoms with Gasteiger partial charge in [0.1, 0.15) is 5.82 Å². The third kappa shape index (κ3) is 3.95. The van der Waals surface area contributed by atoms with Crippen LogP contribution in [0.4, 0.5) is 5.82 Å². The van der Waals surface area contributed by atoms with E-state index in [-0.39, 0.29) is 0 Å². The van der Waals surface area contributed by atoms with Crippen LogP contribution in [0.25, 0.3) is 0 Å². The van der Waals surface area contributed by atoms with Crippen LogP contribution in [0, 0.1) is 13.8 Å². The molecule has 0 bridgehead atoms. The summed E-state index contributed by atoms with van der Waals surface area (Å²) in [6.45, 7) is 10.9. The van der Waals surface area contributed by atoms with Gasteiger partial charge in [-0.15, -0.1) is 0 Å². The molecule has 1 aliphatic rings. The first-order chi connectivity index (χ1) is 9.72. The summed E-state index contributed by atoms with van der Waals surface area (Å²) in [7, 11) is 0. The summed E-state index contributed by atoms with van der Waals surface area (Å²) in [5.41, 5.74) is 3.91. The fourth-order valence-electron chi connectivity index (χ4n) is 3.00. The molecule has 0 aliphatic carbocycles. The molecular formula is C17H29N3. The van der Waals surface area contributed by atoms with Crippen molar-refractivity contribution >= 4 is 5.82 Å². The summed E-state index contributed by atoms with van der Waals surface area (Å²) >= 11 is 0. The van der Waals surface area contributed by atoms with Crippen LogP contribution >= 0.6 is 0 Å². The highest BCUT2D eigenvalue weighted by Crippen LogP contribution is 2.25. The minimum atomic E-state index is 0.943. The molecule has 1 aliphatic heterocycles. The first kappa shape index (κ1) is 15.3. The third-order valence-corrected chi connectivity index (χ3v) is 4.09. The maximum absolute atomic E-state index is 4.86. The first-order valence-corrected chi connectivity index (χ1v) is 8.15. The van der Waals surface area contributed by atoms with Gasteiger partial charge in [-0.2, -0.15) is 0 Å². The average Bonchev–Trinajstić information content (AvgIpc) is 2.69. The Hall–Kier alpha value is -1.09. The third-order valence-electron chi connectivity index (χ3n) is 4.09. The summed E-state index contributed by atoms with van der Waals surface area (Å²) in [6, 6.07) is 2.21. The second-order valence-corrected chi connectivity index (χ2v) is 5.96. The van der Waals surface area contributed by atoms with Crippen LogP contribution in [0.2, 0.25) is 0 Å². The Morgan fingerprint density at radius 1 is 1.15 bits per heavy atom. The second-order valence-electron chi connectivity index (χ2n) is 5.96. The molecule has 1 N–H and O–H groups in total. The SMILES string of the molecule is CCCNCc1c(C)cc(C)nc1N1CCCCCC1. The fourth-order valence-corrected chi connectivity index (χ4v) is 3.00. The van der Waals surface area contributed by atoms with Gasteiger partial charge >= 0.3 is 0 Å². The molecule has 0 aromatic carbocycles. The highest BCUT2D eigenvalue weighted by molar-refractivity contribution is 5.51. The van der Waals surface area contributed by atoms with E-state index in [1.54, 1.807) is 0 Å². The van der Waals surface area contributed by atoms with Crippen LogP contribution in [0.5, 0.6) is 0 Å². The van der Waals surface area contributed by atoms with E-state index in [2.05, 4.69) is 37.1 Å². The van der Waals surface area contributed by atoms with Crippen molar-refractivity contribution in [2.24, 2.45) is 0 Å². The smallest absolute Gasteiger partial charge is 0.133 e. The van der Waals surface area contributed by atoms with E-state index in [1.807, 2.05) is 0 Å². The van der Waals surface area contributed by atoms with Crippen molar-refractivity contribution < 1.29 is 0 Å². The van der Waals surface area contributed by atoms with E-state index in [1.165, 1.54) is 49.0 Å². The lowest BCUT2D eigenvalue weighted by Gasteiger charge is -2.26. The van der Waals surface area contributed by atoms with Crippen LogP contribution < -0.4 is 10.2 Å². The number of hydrogen-bond acceptors (Lipinski definition) is 3. The Kier molecular flexibility index (Phi) is 5.84. The maximum Gasteiger partial charge on any atom is 0.133 e. The van der Waals surface area contributed by atoms with Gasteiger partial charge in [0.05, 0.1) is 0 Å². The van der Waals surface area contributed by atoms with Crippen molar-refractivity contribution in [2.45, 2.75) is 59.4 Å². The van der Waals surface area contributed by atoms with Crippen LogP contribution in [-0.2, 0) is 6.54 Å². The van der Waals surface area contributed by atoms with Gasteiger partial charge in [-0.25, -0.2) is 4.98 Å². The molecule has 1 aromatic rings. The van der Waals surface area contributed by atoms with Crippen LogP contribution in [0.3, 0.4) is 0 Å². The van der Waals surface area contributed by atoms with Gasteiger partial charge in [-0.1, -0.05) is 19.8 Å². The van der Waals surface area contributed by atoms with E-state index < -0.39 is 0 Å². The molecule has 2 rings (SSSR count). The van der Waals surface area contributed by atoms with Gasteiger partial charge in [0.2, 0.25) is 0 Å². The summed E-state index contributed by atoms with van der Waals surface area (Å²) < 4.78 is 0. The first-order valence-electron chi connectivity index (χ1n) is 8.15. The van der Waals surface area contributed by atoms with Crippen molar-refractivity contribution in [1.82, 2.24) is 10.3 Å². The predicted molar refractivity (Wildman–Crippen MR) is 86.4 cm³/mol. The normalized spacial score (nSPS) is 16.2. The maximum atomic E-state index is 4.86. The van der Waals surface area contributed by atoms with Crippen LogP contribution in [0.15, 0.2) is 6.07 Å². The number of hydrogen-bond donors (Lipinski definition) is 1. The van der Waals surface area contributed by atoms with Crippen LogP contribution in [0.1, 0.15) is 55.8 Å². The molecule has 112 valence electrons. The molecule has 0 radical (unpaired) electrons. The molecule has 20 heavy (non-hydrogen) atoms. The van der Waals surface area contributed by atoms with Crippen molar-refractivity contribution in [3.63, 3.8) is 0 Å². The highest BCUT2D eigenvalue weighted by atomic mass is 15.2. The molecule has 1 saturated heterocycles. The standard InChI is InChI=1S/C17H29N3/c1-4-9-18-13-16-14(2)12-15(3)19-17(16)20-10-7-5-6-8-11-20/h12,18H,4-11,13H2,1-3H3. The van der Waals surface area contributed by atoms with E-state index >= 15 is 0 Å². The average molecular weight is 275 g/mol. The predicted octanol–water partition coefficient (Wildman–Crippen LogP) is 3.58. The lowest BCUT2D eigenvalue weighted by molar-refractivity contribution is 0.665. The van der Waals surface area contributed by atoms with E-state index in [0.29, 0.717) is 0 Å². The zero-order valence-electron chi connectivity index (χ0n) is 13.3. The minimum absolute atomic E-state index is 0.943. The fraction of sp³-hybridized carbons (Fsp3) is 0.706. The lowest BCUT2D eigenvalue weighted by atomic mass is 10.1. The molecule has 0 unspecified atom stereocenters. The van der Waals surface area contributed by atoms with Crippen molar-refractivity contribution in [3.8, 4) is 0 Å². The van der Waals surface area contributed by atoms with E-state index in [4.69, 9.17) is 4.98 Å². The molecule has 2 heterocycles. The van der Waals surface area contributed by atoms with Gasteiger partial charge in [0.15, 0.2) is 0 Å². The Bertz CT molecular complexity index is 420. The van der Waals surface area contributed by atoms with E-state index in [9.17, 15) is 0 Å². The summed E-state index contributed by atoms with van der Waals surface area (Å²) in [5.74, 6) is 1.23. The highest BCUT2D eigenvalue weighted by Gasteiger charge is 2.17. The number of anilines is 1. The lowest BCUT2D eigenvalue weighted by Crippen LogP contribution is -2.28.